The maximum absolute atomic E-state index is 9.99. The summed E-state index contributed by atoms with van der Waals surface area (Å²) in [6, 6.07) is 9.26. The second kappa shape index (κ2) is 10.7. The van der Waals surface area contributed by atoms with E-state index in [1.165, 1.54) is 4.88 Å². The third-order valence-electron chi connectivity index (χ3n) is 3.57. The smallest absolute Gasteiger partial charge is 0.193 e. The average molecular weight is 496 g/mol. The van der Waals surface area contributed by atoms with Gasteiger partial charge in [0.05, 0.1) is 18.0 Å². The van der Waals surface area contributed by atoms with E-state index in [0.29, 0.717) is 18.7 Å². The number of nitrogens with zero attached hydrogens (tertiary/aromatic N) is 2. The SMILES string of the molecule is CN=C(NCCc1ccc(OC)cc1O)N(C)Cc1ccc(Cl)s1.I. The molecule has 25 heavy (non-hydrogen) atoms. The quantitative estimate of drug-likeness (QED) is 0.362. The first-order valence-corrected chi connectivity index (χ1v) is 8.74. The van der Waals surface area contributed by atoms with Crippen molar-refractivity contribution in [2.24, 2.45) is 4.99 Å². The van der Waals surface area contributed by atoms with Gasteiger partial charge < -0.3 is 20.1 Å². The Morgan fingerprint density at radius 3 is 2.68 bits per heavy atom. The molecule has 0 saturated heterocycles. The molecule has 0 radical (unpaired) electrons. The van der Waals surface area contributed by atoms with Crippen molar-refractivity contribution in [2.75, 3.05) is 27.7 Å². The van der Waals surface area contributed by atoms with Crippen molar-refractivity contribution in [1.82, 2.24) is 10.2 Å². The number of guanidine groups is 1. The molecule has 1 heterocycles. The Kier molecular flexibility index (Phi) is 9.37. The Labute approximate surface area is 174 Å². The van der Waals surface area contributed by atoms with Gasteiger partial charge in [-0.2, -0.15) is 0 Å². The molecule has 0 unspecified atom stereocenters. The fourth-order valence-corrected chi connectivity index (χ4v) is 3.46. The number of nitrogens with one attached hydrogen (secondary N) is 1. The highest BCUT2D eigenvalue weighted by Gasteiger charge is 2.09. The molecule has 8 heteroatoms. The number of phenolic OH excluding ortho intramolecular Hbond substituents is 1. The van der Waals surface area contributed by atoms with Crippen molar-refractivity contribution in [3.8, 4) is 11.5 Å². The van der Waals surface area contributed by atoms with Gasteiger partial charge in [0.25, 0.3) is 0 Å². The summed E-state index contributed by atoms with van der Waals surface area (Å²) < 4.78 is 5.88. The molecule has 0 aliphatic rings. The van der Waals surface area contributed by atoms with Crippen LogP contribution in [0.15, 0.2) is 35.3 Å². The van der Waals surface area contributed by atoms with Gasteiger partial charge in [-0.25, -0.2) is 0 Å². The second-order valence-corrected chi connectivity index (χ2v) is 7.08. The highest BCUT2D eigenvalue weighted by Crippen LogP contribution is 2.24. The number of halogens is 2. The first kappa shape index (κ1) is 21.9. The molecule has 0 atom stereocenters. The normalized spacial score (nSPS) is 11.0. The summed E-state index contributed by atoms with van der Waals surface area (Å²) >= 11 is 7.53. The highest BCUT2D eigenvalue weighted by molar-refractivity contribution is 14.0. The molecule has 0 bridgehead atoms. The number of aromatic hydroxyl groups is 1. The third-order valence-corrected chi connectivity index (χ3v) is 4.78. The number of thiophene rings is 1. The van der Waals surface area contributed by atoms with E-state index in [1.54, 1.807) is 31.6 Å². The third kappa shape index (κ3) is 6.56. The zero-order valence-electron chi connectivity index (χ0n) is 14.5. The van der Waals surface area contributed by atoms with Crippen molar-refractivity contribution < 1.29 is 9.84 Å². The second-order valence-electron chi connectivity index (χ2n) is 5.28. The summed E-state index contributed by atoms with van der Waals surface area (Å²) in [7, 11) is 5.31. The van der Waals surface area contributed by atoms with Crippen LogP contribution in [0.2, 0.25) is 4.34 Å². The van der Waals surface area contributed by atoms with Crippen LogP contribution in [0, 0.1) is 0 Å². The number of methoxy groups -OCH3 is 1. The highest BCUT2D eigenvalue weighted by atomic mass is 127. The number of hydrogen-bond acceptors (Lipinski definition) is 4. The predicted octanol–water partition coefficient (Wildman–Crippen LogP) is 3.98. The van der Waals surface area contributed by atoms with E-state index in [2.05, 4.69) is 10.3 Å². The van der Waals surface area contributed by atoms with E-state index in [0.717, 1.165) is 22.4 Å². The van der Waals surface area contributed by atoms with E-state index in [9.17, 15) is 5.11 Å². The van der Waals surface area contributed by atoms with E-state index in [1.807, 2.05) is 36.2 Å². The Balaban J connectivity index is 0.00000312. The molecule has 0 amide bonds. The van der Waals surface area contributed by atoms with E-state index in [4.69, 9.17) is 16.3 Å². The van der Waals surface area contributed by atoms with Gasteiger partial charge in [-0.3, -0.25) is 4.99 Å². The van der Waals surface area contributed by atoms with Gasteiger partial charge in [-0.15, -0.1) is 35.3 Å². The summed E-state index contributed by atoms with van der Waals surface area (Å²) in [6.45, 7) is 1.41. The lowest BCUT2D eigenvalue weighted by molar-refractivity contribution is 0.406. The van der Waals surface area contributed by atoms with E-state index < -0.39 is 0 Å². The Hall–Kier alpha value is -1.19. The van der Waals surface area contributed by atoms with Crippen LogP contribution in [0.25, 0.3) is 0 Å². The largest absolute Gasteiger partial charge is 0.508 e. The lowest BCUT2D eigenvalue weighted by atomic mass is 10.1. The number of rotatable bonds is 6. The molecule has 138 valence electrons. The Morgan fingerprint density at radius 1 is 1.36 bits per heavy atom. The Morgan fingerprint density at radius 2 is 2.12 bits per heavy atom. The minimum Gasteiger partial charge on any atom is -0.508 e. The lowest BCUT2D eigenvalue weighted by Gasteiger charge is -2.21. The van der Waals surface area contributed by atoms with E-state index in [-0.39, 0.29) is 29.7 Å². The van der Waals surface area contributed by atoms with Crippen molar-refractivity contribution in [3.05, 3.63) is 45.1 Å². The van der Waals surface area contributed by atoms with Gasteiger partial charge in [0, 0.05) is 31.6 Å². The summed E-state index contributed by atoms with van der Waals surface area (Å²) in [5, 5.41) is 13.3. The molecule has 0 saturated carbocycles. The molecule has 2 aromatic rings. The summed E-state index contributed by atoms with van der Waals surface area (Å²) in [5.74, 6) is 1.69. The first-order chi connectivity index (χ1) is 11.5. The van der Waals surface area contributed by atoms with Crippen molar-refractivity contribution in [3.63, 3.8) is 0 Å². The fourth-order valence-electron chi connectivity index (χ4n) is 2.32. The summed E-state index contributed by atoms with van der Waals surface area (Å²) in [6.07, 6.45) is 0.688. The van der Waals surface area contributed by atoms with Gasteiger partial charge >= 0.3 is 0 Å². The van der Waals surface area contributed by atoms with Crippen molar-refractivity contribution in [2.45, 2.75) is 13.0 Å². The average Bonchev–Trinajstić information content (AvgIpc) is 2.97. The van der Waals surface area contributed by atoms with Gasteiger partial charge in [-0.1, -0.05) is 17.7 Å². The maximum Gasteiger partial charge on any atom is 0.193 e. The number of benzene rings is 1. The zero-order chi connectivity index (χ0) is 17.5. The standard InChI is InChI=1S/C17H22ClN3O2S.HI/c1-19-17(21(2)11-14-6-7-16(18)24-14)20-9-8-12-4-5-13(23-3)10-15(12)22;/h4-7,10,22H,8-9,11H2,1-3H3,(H,19,20);1H. The number of phenols is 1. The van der Waals surface area contributed by atoms with Crippen LogP contribution in [-0.4, -0.2) is 43.7 Å². The molecular weight excluding hydrogens is 473 g/mol. The topological polar surface area (TPSA) is 57.1 Å². The fraction of sp³-hybridized carbons (Fsp3) is 0.353. The molecule has 0 aliphatic heterocycles. The van der Waals surface area contributed by atoms with Crippen LogP contribution >= 0.6 is 46.9 Å². The van der Waals surface area contributed by atoms with Crippen LogP contribution in [-0.2, 0) is 13.0 Å². The van der Waals surface area contributed by atoms with Gasteiger partial charge in [0.1, 0.15) is 11.5 Å². The van der Waals surface area contributed by atoms with Gasteiger partial charge in [0.15, 0.2) is 5.96 Å². The Bertz CT molecular complexity index is 709. The van der Waals surface area contributed by atoms with E-state index >= 15 is 0 Å². The monoisotopic (exact) mass is 495 g/mol. The molecule has 1 aromatic heterocycles. The zero-order valence-corrected chi connectivity index (χ0v) is 18.4. The number of aliphatic imine (C=N–C) groups is 1. The minimum atomic E-state index is 0. The molecule has 5 nitrogen and oxygen atoms in total. The molecule has 1 aromatic carbocycles. The molecule has 2 rings (SSSR count). The molecule has 0 spiro atoms. The molecular formula is C17H23ClIN3O2S. The minimum absolute atomic E-state index is 0. The predicted molar refractivity (Wildman–Crippen MR) is 116 cm³/mol. The molecule has 2 N–H and O–H groups in total. The van der Waals surface area contributed by atoms with Crippen LogP contribution in [0.3, 0.4) is 0 Å². The van der Waals surface area contributed by atoms with Crippen molar-refractivity contribution >= 4 is 52.9 Å². The van der Waals surface area contributed by atoms with Gasteiger partial charge in [0.2, 0.25) is 0 Å². The summed E-state index contributed by atoms with van der Waals surface area (Å²) in [5.41, 5.74) is 0.867. The van der Waals surface area contributed by atoms with Crippen molar-refractivity contribution in [1.29, 1.82) is 0 Å². The number of ether oxygens (including phenoxy) is 1. The van der Waals surface area contributed by atoms with Gasteiger partial charge in [-0.05, 0) is 30.2 Å². The van der Waals surface area contributed by atoms with Crippen LogP contribution in [0.5, 0.6) is 11.5 Å². The number of hydrogen-bond donors (Lipinski definition) is 2. The lowest BCUT2D eigenvalue weighted by Crippen LogP contribution is -2.39. The van der Waals surface area contributed by atoms with Crippen LogP contribution < -0.4 is 10.1 Å². The maximum atomic E-state index is 9.99. The molecule has 0 aliphatic carbocycles. The molecule has 0 fully saturated rings. The van der Waals surface area contributed by atoms with Crippen LogP contribution in [0.1, 0.15) is 10.4 Å². The summed E-state index contributed by atoms with van der Waals surface area (Å²) in [4.78, 5) is 7.51. The van der Waals surface area contributed by atoms with Crippen LogP contribution in [0.4, 0.5) is 0 Å². The first-order valence-electron chi connectivity index (χ1n) is 7.55.